The number of benzene rings is 1. The molecule has 1 N–H and O–H groups in total. The molecule has 9 heteroatoms. The molecule has 1 aromatic carbocycles. The number of piperazine rings is 1. The van der Waals surface area contributed by atoms with Gasteiger partial charge in [-0.25, -0.2) is 9.97 Å². The molecule has 140 valence electrons. The third kappa shape index (κ3) is 3.34. The van der Waals surface area contributed by atoms with Gasteiger partial charge in [0.1, 0.15) is 12.4 Å². The summed E-state index contributed by atoms with van der Waals surface area (Å²) in [7, 11) is 0. The SMILES string of the molecule is O=C(CO)N1CCN(c2cc(-n3ccnc3)c3ccc(Cl)c(Cl)c3n2)CC1. The third-order valence-electron chi connectivity index (χ3n) is 4.71. The number of hydrogen-bond donors (Lipinski definition) is 1. The monoisotopic (exact) mass is 405 g/mol. The Labute approximate surface area is 165 Å². The van der Waals surface area contributed by atoms with Crippen molar-refractivity contribution in [3.63, 3.8) is 0 Å². The van der Waals surface area contributed by atoms with E-state index in [4.69, 9.17) is 33.3 Å². The molecule has 0 spiro atoms. The Morgan fingerprint density at radius 1 is 1.19 bits per heavy atom. The zero-order chi connectivity index (χ0) is 19.0. The molecule has 1 aliphatic rings. The molecule has 7 nitrogen and oxygen atoms in total. The van der Waals surface area contributed by atoms with E-state index in [9.17, 15) is 4.79 Å². The Morgan fingerprint density at radius 3 is 2.63 bits per heavy atom. The summed E-state index contributed by atoms with van der Waals surface area (Å²) in [5.41, 5.74) is 1.53. The van der Waals surface area contributed by atoms with Gasteiger partial charge in [0.25, 0.3) is 0 Å². The molecule has 2 aromatic heterocycles. The third-order valence-corrected chi connectivity index (χ3v) is 5.51. The number of aromatic nitrogens is 3. The zero-order valence-electron chi connectivity index (χ0n) is 14.3. The molecule has 0 unspecified atom stereocenters. The summed E-state index contributed by atoms with van der Waals surface area (Å²) >= 11 is 12.6. The van der Waals surface area contributed by atoms with E-state index in [1.165, 1.54) is 0 Å². The minimum absolute atomic E-state index is 0.255. The normalized spacial score (nSPS) is 14.8. The Balaban J connectivity index is 1.76. The number of pyridine rings is 1. The van der Waals surface area contributed by atoms with Crippen molar-refractivity contribution in [2.75, 3.05) is 37.7 Å². The van der Waals surface area contributed by atoms with E-state index >= 15 is 0 Å². The van der Waals surface area contributed by atoms with Gasteiger partial charge in [-0.1, -0.05) is 23.2 Å². The van der Waals surface area contributed by atoms with Crippen LogP contribution in [0.1, 0.15) is 0 Å². The summed E-state index contributed by atoms with van der Waals surface area (Å²) in [6.07, 6.45) is 5.29. The lowest BCUT2D eigenvalue weighted by atomic mass is 10.1. The summed E-state index contributed by atoms with van der Waals surface area (Å²) in [6, 6.07) is 5.64. The lowest BCUT2D eigenvalue weighted by Gasteiger charge is -2.35. The molecule has 1 aliphatic heterocycles. The molecule has 0 radical (unpaired) electrons. The van der Waals surface area contributed by atoms with Crippen molar-refractivity contribution < 1.29 is 9.90 Å². The van der Waals surface area contributed by atoms with Gasteiger partial charge in [0, 0.05) is 50.0 Å². The fraction of sp³-hybridized carbons (Fsp3) is 0.278. The number of rotatable bonds is 3. The summed E-state index contributed by atoms with van der Waals surface area (Å²) in [5, 5.41) is 10.8. The molecule has 0 aliphatic carbocycles. The number of amides is 1. The lowest BCUT2D eigenvalue weighted by Crippen LogP contribution is -2.49. The molecule has 1 fully saturated rings. The number of aliphatic hydroxyl groups excluding tert-OH is 1. The van der Waals surface area contributed by atoms with Gasteiger partial charge in [-0.2, -0.15) is 0 Å². The molecule has 3 heterocycles. The van der Waals surface area contributed by atoms with Crippen LogP contribution in [0.25, 0.3) is 16.6 Å². The Bertz CT molecular complexity index is 985. The highest BCUT2D eigenvalue weighted by molar-refractivity contribution is 6.45. The molecule has 3 aromatic rings. The van der Waals surface area contributed by atoms with Gasteiger partial charge in [0.15, 0.2) is 0 Å². The second-order valence-corrected chi connectivity index (χ2v) is 7.04. The number of carbonyl (C=O) groups excluding carboxylic acids is 1. The van der Waals surface area contributed by atoms with E-state index in [0.717, 1.165) is 16.9 Å². The van der Waals surface area contributed by atoms with Gasteiger partial charge in [-0.05, 0) is 12.1 Å². The van der Waals surface area contributed by atoms with Crippen molar-refractivity contribution in [3.05, 3.63) is 47.0 Å². The second-order valence-electron chi connectivity index (χ2n) is 6.25. The standard InChI is InChI=1S/C18H17Cl2N5O2/c19-13-2-1-12-14(25-4-3-21-11-25)9-15(22-18(12)17(13)20)23-5-7-24(8-6-23)16(27)10-26/h1-4,9,11,26H,5-8,10H2. The van der Waals surface area contributed by atoms with Crippen LogP contribution in [0, 0.1) is 0 Å². The quantitative estimate of drug-likeness (QED) is 0.723. The van der Waals surface area contributed by atoms with Crippen LogP contribution in [0.4, 0.5) is 5.82 Å². The molecule has 0 bridgehead atoms. The summed E-state index contributed by atoms with van der Waals surface area (Å²) < 4.78 is 1.91. The maximum atomic E-state index is 11.7. The van der Waals surface area contributed by atoms with E-state index in [0.29, 0.717) is 41.7 Å². The van der Waals surface area contributed by atoms with Crippen LogP contribution in [-0.2, 0) is 4.79 Å². The van der Waals surface area contributed by atoms with Crippen molar-refractivity contribution in [1.82, 2.24) is 19.4 Å². The number of anilines is 1. The number of imidazole rings is 1. The summed E-state index contributed by atoms with van der Waals surface area (Å²) in [5.74, 6) is 0.501. The fourth-order valence-electron chi connectivity index (χ4n) is 3.26. The molecule has 0 atom stereocenters. The van der Waals surface area contributed by atoms with Gasteiger partial charge >= 0.3 is 0 Å². The number of halogens is 2. The van der Waals surface area contributed by atoms with Crippen LogP contribution in [0.2, 0.25) is 10.0 Å². The lowest BCUT2D eigenvalue weighted by molar-refractivity contribution is -0.134. The minimum Gasteiger partial charge on any atom is -0.387 e. The minimum atomic E-state index is -0.465. The predicted molar refractivity (Wildman–Crippen MR) is 105 cm³/mol. The largest absolute Gasteiger partial charge is 0.387 e. The first-order chi connectivity index (χ1) is 13.1. The van der Waals surface area contributed by atoms with Crippen LogP contribution in [0.3, 0.4) is 0 Å². The fourth-order valence-corrected chi connectivity index (χ4v) is 3.62. The molecule has 1 amide bonds. The maximum Gasteiger partial charge on any atom is 0.248 e. The summed E-state index contributed by atoms with van der Waals surface area (Å²) in [6.45, 7) is 1.83. The number of hydrogen-bond acceptors (Lipinski definition) is 5. The highest BCUT2D eigenvalue weighted by atomic mass is 35.5. The molecular weight excluding hydrogens is 389 g/mol. The topological polar surface area (TPSA) is 74.5 Å². The first kappa shape index (κ1) is 18.0. The average molecular weight is 406 g/mol. The second kappa shape index (κ2) is 7.34. The number of aliphatic hydroxyl groups is 1. The molecular formula is C18H17Cl2N5O2. The average Bonchev–Trinajstić information content (AvgIpc) is 3.24. The van der Waals surface area contributed by atoms with Crippen LogP contribution in [0.15, 0.2) is 36.9 Å². The predicted octanol–water partition coefficient (Wildman–Crippen LogP) is 2.37. The van der Waals surface area contributed by atoms with Crippen molar-refractivity contribution in [1.29, 1.82) is 0 Å². The van der Waals surface area contributed by atoms with E-state index in [2.05, 4.69) is 9.88 Å². The van der Waals surface area contributed by atoms with Crippen LogP contribution in [-0.4, -0.2) is 63.2 Å². The van der Waals surface area contributed by atoms with Crippen LogP contribution < -0.4 is 4.90 Å². The maximum absolute atomic E-state index is 11.7. The van der Waals surface area contributed by atoms with Gasteiger partial charge in [0.05, 0.1) is 27.6 Å². The number of nitrogens with zero attached hydrogens (tertiary/aromatic N) is 5. The van der Waals surface area contributed by atoms with E-state index in [-0.39, 0.29) is 5.91 Å². The van der Waals surface area contributed by atoms with E-state index in [1.807, 2.05) is 22.9 Å². The van der Waals surface area contributed by atoms with Crippen LogP contribution in [0.5, 0.6) is 0 Å². The molecule has 27 heavy (non-hydrogen) atoms. The van der Waals surface area contributed by atoms with Crippen molar-refractivity contribution in [2.45, 2.75) is 0 Å². The van der Waals surface area contributed by atoms with Gasteiger partial charge in [0.2, 0.25) is 5.91 Å². The number of fused-ring (bicyclic) bond motifs is 1. The zero-order valence-corrected chi connectivity index (χ0v) is 15.9. The van der Waals surface area contributed by atoms with Crippen LogP contribution >= 0.6 is 23.2 Å². The smallest absolute Gasteiger partial charge is 0.248 e. The number of carbonyl (C=O) groups is 1. The van der Waals surface area contributed by atoms with Crippen molar-refractivity contribution in [3.8, 4) is 5.69 Å². The Morgan fingerprint density at radius 2 is 1.96 bits per heavy atom. The highest BCUT2D eigenvalue weighted by Gasteiger charge is 2.23. The van der Waals surface area contributed by atoms with E-state index < -0.39 is 6.61 Å². The van der Waals surface area contributed by atoms with E-state index in [1.54, 1.807) is 23.5 Å². The molecule has 0 saturated carbocycles. The first-order valence-electron chi connectivity index (χ1n) is 8.49. The van der Waals surface area contributed by atoms with Crippen molar-refractivity contribution >= 4 is 45.8 Å². The molecule has 4 rings (SSSR count). The first-order valence-corrected chi connectivity index (χ1v) is 9.24. The van der Waals surface area contributed by atoms with Gasteiger partial charge < -0.3 is 19.5 Å². The Hall–Kier alpha value is -2.35. The van der Waals surface area contributed by atoms with Gasteiger partial charge in [-0.3, -0.25) is 4.79 Å². The molecule has 1 saturated heterocycles. The highest BCUT2D eigenvalue weighted by Crippen LogP contribution is 2.34. The van der Waals surface area contributed by atoms with Crippen molar-refractivity contribution in [2.24, 2.45) is 0 Å². The Kier molecular flexibility index (Phi) is 4.90. The summed E-state index contributed by atoms with van der Waals surface area (Å²) in [4.78, 5) is 24.3. The van der Waals surface area contributed by atoms with Gasteiger partial charge in [-0.15, -0.1) is 0 Å².